The Labute approximate surface area is 156 Å². The fraction of sp³-hybridized carbons (Fsp3) is 0.278. The highest BCUT2D eigenvalue weighted by atomic mass is 35.5. The van der Waals surface area contributed by atoms with E-state index in [4.69, 9.17) is 23.8 Å². The van der Waals surface area contributed by atoms with Crippen LogP contribution in [-0.2, 0) is 6.54 Å². The van der Waals surface area contributed by atoms with Crippen LogP contribution in [-0.4, -0.2) is 19.5 Å². The van der Waals surface area contributed by atoms with E-state index in [1.807, 2.05) is 19.1 Å². The number of nitrogens with two attached hydrogens (primary N) is 1. The van der Waals surface area contributed by atoms with Crippen LogP contribution in [0.15, 0.2) is 34.6 Å². The third-order valence-electron chi connectivity index (χ3n) is 3.70. The topological polar surface area (TPSA) is 69.6 Å². The molecule has 128 valence electrons. The number of hydrogen-bond acceptors (Lipinski definition) is 5. The lowest BCUT2D eigenvalue weighted by Gasteiger charge is -2.08. The third kappa shape index (κ3) is 4.06. The van der Waals surface area contributed by atoms with Gasteiger partial charge in [0.2, 0.25) is 0 Å². The normalized spacial score (nSPS) is 10.9. The van der Waals surface area contributed by atoms with Gasteiger partial charge in [-0.05, 0) is 43.5 Å². The molecule has 0 atom stereocenters. The van der Waals surface area contributed by atoms with Gasteiger partial charge in [-0.2, -0.15) is 0 Å². The highest BCUT2D eigenvalue weighted by Crippen LogP contribution is 2.33. The molecule has 2 N–H and O–H groups in total. The summed E-state index contributed by atoms with van der Waals surface area (Å²) in [5, 5.41) is 1.53. The fourth-order valence-electron chi connectivity index (χ4n) is 2.58. The van der Waals surface area contributed by atoms with Crippen LogP contribution >= 0.6 is 23.4 Å². The summed E-state index contributed by atoms with van der Waals surface area (Å²) in [4.78, 5) is 14.1. The number of hydrogen-bond donors (Lipinski definition) is 1. The van der Waals surface area contributed by atoms with Crippen LogP contribution in [0.2, 0.25) is 5.02 Å². The van der Waals surface area contributed by atoms with Gasteiger partial charge in [-0.3, -0.25) is 0 Å². The number of benzene rings is 1. The van der Waals surface area contributed by atoms with Gasteiger partial charge in [-0.15, -0.1) is 12.3 Å². The smallest absolute Gasteiger partial charge is 0.175 e. The quantitative estimate of drug-likeness (QED) is 0.516. The van der Waals surface area contributed by atoms with Crippen LogP contribution in [0.25, 0.3) is 11.2 Å². The van der Waals surface area contributed by atoms with E-state index in [0.717, 1.165) is 47.1 Å². The number of nitrogens with zero attached hydrogens (tertiary/aromatic N) is 4. The molecule has 3 rings (SSSR count). The highest BCUT2D eigenvalue weighted by Gasteiger charge is 2.16. The maximum absolute atomic E-state index is 6.18. The fourth-order valence-corrected chi connectivity index (χ4v) is 4.00. The summed E-state index contributed by atoms with van der Waals surface area (Å²) in [6.45, 7) is 2.79. The zero-order valence-corrected chi connectivity index (χ0v) is 15.4. The van der Waals surface area contributed by atoms with Crippen LogP contribution in [0, 0.1) is 19.3 Å². The minimum absolute atomic E-state index is 0.386. The van der Waals surface area contributed by atoms with Gasteiger partial charge < -0.3 is 10.3 Å². The molecule has 0 aliphatic carbocycles. The standard InChI is InChI=1S/C18H18ClN5S/c1-3-4-5-6-7-24-17-15(16(20)21-11-22-17)23-18(24)25-14-9-12(2)8-13(19)10-14/h1,8-11H,4-7H2,2H3,(H2,20,21,22). The summed E-state index contributed by atoms with van der Waals surface area (Å²) in [7, 11) is 0. The summed E-state index contributed by atoms with van der Waals surface area (Å²) >= 11 is 7.72. The zero-order valence-electron chi connectivity index (χ0n) is 13.9. The third-order valence-corrected chi connectivity index (χ3v) is 4.89. The number of halogens is 1. The Balaban J connectivity index is 1.97. The lowest BCUT2D eigenvalue weighted by Crippen LogP contribution is -2.02. The van der Waals surface area contributed by atoms with Crippen LogP contribution in [0.1, 0.15) is 24.8 Å². The minimum atomic E-state index is 0.386. The number of nitrogen functional groups attached to an aromatic ring is 1. The molecule has 0 saturated carbocycles. The van der Waals surface area contributed by atoms with E-state index in [-0.39, 0.29) is 0 Å². The number of terminal acetylenes is 1. The Morgan fingerprint density at radius 2 is 2.12 bits per heavy atom. The molecule has 2 aromatic heterocycles. The maximum Gasteiger partial charge on any atom is 0.175 e. The van der Waals surface area contributed by atoms with Crippen LogP contribution < -0.4 is 5.73 Å². The molecule has 0 radical (unpaired) electrons. The van der Waals surface area contributed by atoms with Gasteiger partial charge in [0, 0.05) is 22.9 Å². The lowest BCUT2D eigenvalue weighted by atomic mass is 10.2. The average molecular weight is 372 g/mol. The molecule has 2 heterocycles. The van der Waals surface area contributed by atoms with Crippen LogP contribution in [0.5, 0.6) is 0 Å². The zero-order chi connectivity index (χ0) is 17.8. The highest BCUT2D eigenvalue weighted by molar-refractivity contribution is 7.99. The Bertz CT molecular complexity index is 924. The molecule has 0 spiro atoms. The van der Waals surface area contributed by atoms with Gasteiger partial charge in [0.05, 0.1) is 0 Å². The van der Waals surface area contributed by atoms with E-state index in [1.165, 1.54) is 6.33 Å². The summed E-state index contributed by atoms with van der Waals surface area (Å²) in [6, 6.07) is 5.93. The first kappa shape index (κ1) is 17.6. The largest absolute Gasteiger partial charge is 0.382 e. The monoisotopic (exact) mass is 371 g/mol. The SMILES string of the molecule is C#CCCCCn1c(Sc2cc(C)cc(Cl)c2)nc2c(N)ncnc21. The molecule has 7 heteroatoms. The summed E-state index contributed by atoms with van der Waals surface area (Å²) in [5.74, 6) is 3.06. The Morgan fingerprint density at radius 3 is 2.88 bits per heavy atom. The van der Waals surface area contributed by atoms with Crippen molar-refractivity contribution in [1.29, 1.82) is 0 Å². The summed E-state index contributed by atoms with van der Waals surface area (Å²) in [6.07, 6.45) is 9.47. The van der Waals surface area contributed by atoms with Gasteiger partial charge in [0.15, 0.2) is 22.1 Å². The van der Waals surface area contributed by atoms with E-state index in [9.17, 15) is 0 Å². The molecule has 0 aliphatic heterocycles. The number of aromatic nitrogens is 4. The molecule has 0 unspecified atom stereocenters. The first-order valence-electron chi connectivity index (χ1n) is 7.93. The van der Waals surface area contributed by atoms with Crippen molar-refractivity contribution in [2.24, 2.45) is 0 Å². The van der Waals surface area contributed by atoms with Crippen LogP contribution in [0.4, 0.5) is 5.82 Å². The van der Waals surface area contributed by atoms with Crippen molar-refractivity contribution in [2.45, 2.75) is 42.8 Å². The second-order valence-electron chi connectivity index (χ2n) is 5.70. The molecule has 1 aromatic carbocycles. The number of imidazole rings is 1. The molecule has 0 amide bonds. The van der Waals surface area contributed by atoms with Crippen molar-refractivity contribution in [3.8, 4) is 12.3 Å². The molecule has 5 nitrogen and oxygen atoms in total. The van der Waals surface area contributed by atoms with Crippen molar-refractivity contribution in [2.75, 3.05) is 5.73 Å². The Hall–Kier alpha value is -2.23. The van der Waals surface area contributed by atoms with Gasteiger partial charge >= 0.3 is 0 Å². The molecular weight excluding hydrogens is 354 g/mol. The maximum atomic E-state index is 6.18. The van der Waals surface area contributed by atoms with Gasteiger partial charge in [-0.25, -0.2) is 15.0 Å². The summed E-state index contributed by atoms with van der Waals surface area (Å²) in [5.41, 5.74) is 8.45. The average Bonchev–Trinajstić information content (AvgIpc) is 2.90. The number of fused-ring (bicyclic) bond motifs is 1. The van der Waals surface area contributed by atoms with Crippen molar-refractivity contribution >= 4 is 40.3 Å². The molecular formula is C18H18ClN5S. The molecule has 0 aliphatic rings. The van der Waals surface area contributed by atoms with Gasteiger partial charge in [0.25, 0.3) is 0 Å². The van der Waals surface area contributed by atoms with Gasteiger partial charge in [0.1, 0.15) is 6.33 Å². The predicted octanol–water partition coefficient (Wildman–Crippen LogP) is 4.33. The number of rotatable bonds is 6. The first-order valence-corrected chi connectivity index (χ1v) is 9.13. The summed E-state index contributed by atoms with van der Waals surface area (Å²) < 4.78 is 2.07. The number of anilines is 1. The molecule has 0 fully saturated rings. The van der Waals surface area contributed by atoms with Crippen molar-refractivity contribution in [3.63, 3.8) is 0 Å². The molecule has 25 heavy (non-hydrogen) atoms. The van der Waals surface area contributed by atoms with E-state index < -0.39 is 0 Å². The molecule has 0 bridgehead atoms. The Kier molecular flexibility index (Phi) is 5.47. The van der Waals surface area contributed by atoms with Crippen molar-refractivity contribution < 1.29 is 0 Å². The first-order chi connectivity index (χ1) is 12.1. The van der Waals surface area contributed by atoms with E-state index in [0.29, 0.717) is 16.4 Å². The second kappa shape index (κ2) is 7.77. The Morgan fingerprint density at radius 1 is 1.28 bits per heavy atom. The van der Waals surface area contributed by atoms with Gasteiger partial charge in [-0.1, -0.05) is 23.4 Å². The van der Waals surface area contributed by atoms with Crippen molar-refractivity contribution in [3.05, 3.63) is 35.1 Å². The predicted molar refractivity (Wildman–Crippen MR) is 103 cm³/mol. The molecule has 3 aromatic rings. The van der Waals surface area contributed by atoms with Crippen molar-refractivity contribution in [1.82, 2.24) is 19.5 Å². The van der Waals surface area contributed by atoms with E-state index in [2.05, 4.69) is 31.5 Å². The van der Waals surface area contributed by atoms with E-state index >= 15 is 0 Å². The lowest BCUT2D eigenvalue weighted by molar-refractivity contribution is 0.587. The van der Waals surface area contributed by atoms with Crippen LogP contribution in [0.3, 0.4) is 0 Å². The number of aryl methyl sites for hydroxylation is 2. The molecule has 0 saturated heterocycles. The second-order valence-corrected chi connectivity index (χ2v) is 7.18. The van der Waals surface area contributed by atoms with E-state index in [1.54, 1.807) is 11.8 Å². The minimum Gasteiger partial charge on any atom is -0.382 e. The number of unbranched alkanes of at least 4 members (excludes halogenated alkanes) is 2.